The first kappa shape index (κ1) is 14.7. The highest BCUT2D eigenvalue weighted by Gasteiger charge is 2.79. The first-order valence-electron chi connectivity index (χ1n) is 7.06. The Morgan fingerprint density at radius 2 is 2.00 bits per heavy atom. The van der Waals surface area contributed by atoms with Gasteiger partial charge in [0, 0.05) is 5.92 Å². The summed E-state index contributed by atoms with van der Waals surface area (Å²) in [5.41, 5.74) is -0.129. The molecule has 0 bridgehead atoms. The van der Waals surface area contributed by atoms with E-state index in [1.54, 1.807) is 14.2 Å². The van der Waals surface area contributed by atoms with E-state index in [9.17, 15) is 9.59 Å². The second-order valence-electron chi connectivity index (χ2n) is 5.57. The molecule has 1 heterocycles. The first-order valence-corrected chi connectivity index (χ1v) is 7.06. The van der Waals surface area contributed by atoms with Crippen LogP contribution in [-0.4, -0.2) is 39.9 Å². The number of fused-ring (bicyclic) bond motifs is 1. The molecule has 2 fully saturated rings. The fraction of sp³-hybridized carbons (Fsp3) is 0.500. The van der Waals surface area contributed by atoms with Crippen LogP contribution in [0.25, 0.3) is 0 Å². The average Bonchev–Trinajstić information content (AvgIpc) is 3.05. The smallest absolute Gasteiger partial charge is 0.324 e. The van der Waals surface area contributed by atoms with Gasteiger partial charge in [-0.1, -0.05) is 6.07 Å². The van der Waals surface area contributed by atoms with Gasteiger partial charge in [-0.15, -0.1) is 0 Å². The van der Waals surface area contributed by atoms with Gasteiger partial charge in [0.1, 0.15) is 0 Å². The molecule has 0 amide bonds. The second-order valence-corrected chi connectivity index (χ2v) is 5.57. The van der Waals surface area contributed by atoms with Gasteiger partial charge in [0.15, 0.2) is 16.9 Å². The Morgan fingerprint density at radius 3 is 2.64 bits per heavy atom. The fourth-order valence-electron chi connectivity index (χ4n) is 3.49. The van der Waals surface area contributed by atoms with E-state index in [2.05, 4.69) is 0 Å². The van der Waals surface area contributed by atoms with Crippen molar-refractivity contribution in [3.8, 4) is 11.5 Å². The molecule has 0 spiro atoms. The van der Waals surface area contributed by atoms with Crippen LogP contribution in [0.15, 0.2) is 18.2 Å². The van der Waals surface area contributed by atoms with Crippen molar-refractivity contribution >= 4 is 11.9 Å². The van der Waals surface area contributed by atoms with E-state index in [1.807, 2.05) is 18.2 Å². The Labute approximate surface area is 128 Å². The molecule has 2 aliphatic rings. The maximum Gasteiger partial charge on any atom is 0.324 e. The van der Waals surface area contributed by atoms with Crippen molar-refractivity contribution in [2.24, 2.45) is 17.3 Å². The van der Waals surface area contributed by atoms with Crippen molar-refractivity contribution in [1.29, 1.82) is 0 Å². The Kier molecular flexibility index (Phi) is 3.47. The van der Waals surface area contributed by atoms with E-state index in [0.717, 1.165) is 5.56 Å². The zero-order valence-corrected chi connectivity index (χ0v) is 12.8. The number of esters is 2. The molecule has 1 saturated carbocycles. The maximum atomic E-state index is 12.0. The van der Waals surface area contributed by atoms with E-state index in [4.69, 9.17) is 18.9 Å². The summed E-state index contributed by atoms with van der Waals surface area (Å²) in [6.07, 6.45) is 0.592. The highest BCUT2D eigenvalue weighted by Crippen LogP contribution is 2.65. The van der Waals surface area contributed by atoms with Crippen molar-refractivity contribution in [2.75, 3.05) is 27.9 Å². The number of carbonyl (C=O) groups is 2. The minimum atomic E-state index is -1.11. The van der Waals surface area contributed by atoms with Crippen molar-refractivity contribution in [3.05, 3.63) is 23.8 Å². The first-order chi connectivity index (χ1) is 10.6. The molecule has 1 aromatic carbocycles. The molecule has 22 heavy (non-hydrogen) atoms. The number of methoxy groups -OCH3 is 3. The second kappa shape index (κ2) is 5.19. The number of hydrogen-bond donors (Lipinski definition) is 0. The van der Waals surface area contributed by atoms with Gasteiger partial charge >= 0.3 is 11.9 Å². The number of hydrogen-bond acceptors (Lipinski definition) is 6. The molecule has 0 unspecified atom stereocenters. The van der Waals surface area contributed by atoms with Crippen LogP contribution in [0.4, 0.5) is 0 Å². The quantitative estimate of drug-likeness (QED) is 0.601. The van der Waals surface area contributed by atoms with Gasteiger partial charge in [-0.2, -0.15) is 0 Å². The van der Waals surface area contributed by atoms with Crippen LogP contribution < -0.4 is 9.47 Å². The van der Waals surface area contributed by atoms with Gasteiger partial charge in [0.25, 0.3) is 0 Å². The lowest BCUT2D eigenvalue weighted by atomic mass is 9.99. The fourth-order valence-corrected chi connectivity index (χ4v) is 3.49. The van der Waals surface area contributed by atoms with Crippen LogP contribution in [0.3, 0.4) is 0 Å². The zero-order valence-electron chi connectivity index (χ0n) is 12.8. The molecule has 3 atom stereocenters. The lowest BCUT2D eigenvalue weighted by Crippen LogP contribution is -2.29. The molecule has 6 heteroatoms. The van der Waals surface area contributed by atoms with Gasteiger partial charge in [-0.3, -0.25) is 9.59 Å². The molecule has 1 aromatic rings. The van der Waals surface area contributed by atoms with Gasteiger partial charge in [0.2, 0.25) is 0 Å². The van der Waals surface area contributed by atoms with Crippen molar-refractivity contribution in [1.82, 2.24) is 0 Å². The number of benzene rings is 1. The van der Waals surface area contributed by atoms with Crippen LogP contribution in [0.2, 0.25) is 0 Å². The van der Waals surface area contributed by atoms with Crippen molar-refractivity contribution in [3.63, 3.8) is 0 Å². The lowest BCUT2D eigenvalue weighted by Gasteiger charge is -2.13. The zero-order chi connectivity index (χ0) is 15.9. The third-order valence-electron chi connectivity index (χ3n) is 4.70. The van der Waals surface area contributed by atoms with E-state index < -0.39 is 17.4 Å². The number of ether oxygens (including phenoxy) is 4. The molecule has 0 aromatic heterocycles. The Hall–Kier alpha value is -2.24. The predicted molar refractivity (Wildman–Crippen MR) is 75.6 cm³/mol. The Morgan fingerprint density at radius 1 is 1.27 bits per heavy atom. The molecular weight excluding hydrogens is 288 g/mol. The molecule has 3 rings (SSSR count). The molecular formula is C16H18O6. The van der Waals surface area contributed by atoms with Crippen molar-refractivity contribution < 1.29 is 28.5 Å². The Bertz CT molecular complexity index is 625. The number of rotatable bonds is 5. The number of carbonyl (C=O) groups excluding carboxylic acids is 2. The predicted octanol–water partition coefficient (Wildman–Crippen LogP) is 1.21. The third-order valence-corrected chi connectivity index (χ3v) is 4.70. The van der Waals surface area contributed by atoms with Gasteiger partial charge in [0.05, 0.1) is 27.9 Å². The van der Waals surface area contributed by atoms with Crippen LogP contribution in [0.1, 0.15) is 5.56 Å². The highest BCUT2D eigenvalue weighted by atomic mass is 16.6. The molecule has 0 radical (unpaired) electrons. The minimum absolute atomic E-state index is 0.0840. The largest absolute Gasteiger partial charge is 0.493 e. The summed E-state index contributed by atoms with van der Waals surface area (Å²) >= 11 is 0. The van der Waals surface area contributed by atoms with Gasteiger partial charge < -0.3 is 18.9 Å². The normalized spacial score (nSPS) is 28.6. The summed E-state index contributed by atoms with van der Waals surface area (Å²) in [5, 5.41) is 0. The molecule has 1 aliphatic heterocycles. The summed E-state index contributed by atoms with van der Waals surface area (Å²) in [7, 11) is 4.44. The third kappa shape index (κ3) is 1.86. The summed E-state index contributed by atoms with van der Waals surface area (Å²) in [6, 6.07) is 5.59. The summed E-state index contributed by atoms with van der Waals surface area (Å²) < 4.78 is 20.3. The molecule has 118 valence electrons. The average molecular weight is 306 g/mol. The van der Waals surface area contributed by atoms with Gasteiger partial charge in [-0.25, -0.2) is 0 Å². The van der Waals surface area contributed by atoms with Gasteiger partial charge in [-0.05, 0) is 30.0 Å². The highest BCUT2D eigenvalue weighted by molar-refractivity contribution is 6.06. The standard InChI is InChI=1S/C16H18O6/c1-19-12-5-4-9(7-13(12)20-2)6-10-11-8-22-15(18)16(10,11)14(17)21-3/h4-5,7,10-11H,6,8H2,1-3H3/t10-,11-,16+/m1/s1. The van der Waals surface area contributed by atoms with Crippen LogP contribution >= 0.6 is 0 Å². The van der Waals surface area contributed by atoms with Crippen LogP contribution in [0.5, 0.6) is 11.5 Å². The topological polar surface area (TPSA) is 71.1 Å². The summed E-state index contributed by atoms with van der Waals surface area (Å²) in [6.45, 7) is 0.284. The van der Waals surface area contributed by atoms with Crippen LogP contribution in [-0.2, 0) is 25.5 Å². The summed E-state index contributed by atoms with van der Waals surface area (Å²) in [5.74, 6) is 0.130. The van der Waals surface area contributed by atoms with Crippen molar-refractivity contribution in [2.45, 2.75) is 6.42 Å². The molecule has 0 N–H and O–H groups in total. The molecule has 6 nitrogen and oxygen atoms in total. The monoisotopic (exact) mass is 306 g/mol. The lowest BCUT2D eigenvalue weighted by molar-refractivity contribution is -0.159. The number of cyclic esters (lactones) is 1. The van der Waals surface area contributed by atoms with E-state index >= 15 is 0 Å². The summed E-state index contributed by atoms with van der Waals surface area (Å²) in [4.78, 5) is 24.0. The SMILES string of the molecule is COC(=O)[C@@]12C(=O)OC[C@@H]1[C@H]2Cc1ccc(OC)c(OC)c1. The molecule has 1 aliphatic carbocycles. The maximum absolute atomic E-state index is 12.0. The Balaban J connectivity index is 1.83. The molecule has 1 saturated heterocycles. The minimum Gasteiger partial charge on any atom is -0.493 e. The van der Waals surface area contributed by atoms with Crippen LogP contribution in [0, 0.1) is 17.3 Å². The van der Waals surface area contributed by atoms with E-state index in [0.29, 0.717) is 17.9 Å². The van der Waals surface area contributed by atoms with E-state index in [-0.39, 0.29) is 18.4 Å². The van der Waals surface area contributed by atoms with E-state index in [1.165, 1.54) is 7.11 Å².